The molecule has 0 N–H and O–H groups in total. The third-order valence-corrected chi connectivity index (χ3v) is 8.64. The molecule has 2 aliphatic rings. The maximum Gasteiger partial charge on any atom is 0.410 e. The second-order valence-electron chi connectivity index (χ2n) is 14.5. The van der Waals surface area contributed by atoms with E-state index >= 15 is 0 Å². The minimum atomic E-state index is -0.614. The Hall–Kier alpha value is -3.74. The molecule has 2 aliphatic heterocycles. The second-order valence-corrected chi connectivity index (χ2v) is 15.1. The first-order valence-corrected chi connectivity index (χ1v) is 18.8. The first-order chi connectivity index (χ1) is 24.0. The van der Waals surface area contributed by atoms with E-state index in [1.165, 1.54) is 5.56 Å². The highest BCUT2D eigenvalue weighted by Gasteiger charge is 2.44. The number of carbonyl (C=O) groups is 4. The Kier molecular flexibility index (Phi) is 17.8. The summed E-state index contributed by atoms with van der Waals surface area (Å²) in [4.78, 5) is 59.6. The van der Waals surface area contributed by atoms with Gasteiger partial charge in [-0.1, -0.05) is 28.1 Å². The molecule has 0 atom stereocenters. The van der Waals surface area contributed by atoms with Crippen molar-refractivity contribution in [3.05, 3.63) is 60.2 Å². The minimum absolute atomic E-state index is 0.0800. The Morgan fingerprint density at radius 2 is 1.24 bits per heavy atom. The zero-order valence-corrected chi connectivity index (χ0v) is 33.2. The average Bonchev–Trinajstić information content (AvgIpc) is 3.09. The summed E-state index contributed by atoms with van der Waals surface area (Å²) in [5, 5.41) is 0.890. The fourth-order valence-electron chi connectivity index (χ4n) is 5.44. The Morgan fingerprint density at radius 3 is 1.63 bits per heavy atom. The quantitative estimate of drug-likeness (QED) is 0.159. The predicted octanol–water partition coefficient (Wildman–Crippen LogP) is 7.38. The molecule has 0 bridgehead atoms. The first kappa shape index (κ1) is 43.4. The molecule has 2 aromatic rings. The van der Waals surface area contributed by atoms with E-state index in [1.807, 2.05) is 78.9 Å². The number of hydrogen-bond donors (Lipinski definition) is 0. The summed E-state index contributed by atoms with van der Waals surface area (Å²) in [6.07, 6.45) is 9.46. The molecule has 4 rings (SSSR count). The number of hydrogen-bond acceptors (Lipinski definition) is 10. The molecule has 2 saturated heterocycles. The van der Waals surface area contributed by atoms with Crippen molar-refractivity contribution < 1.29 is 38.1 Å². The van der Waals surface area contributed by atoms with Crippen LogP contribution in [0.3, 0.4) is 0 Å². The Labute approximate surface area is 312 Å². The summed E-state index contributed by atoms with van der Waals surface area (Å²) in [7, 11) is 0. The standard InChI is InChI=1S/C19H28N2O4.C13H23NO4.C6H6BrN/c1-5-24-16(22)19(13-15-7-6-10-20-14-15)8-11-21(12-9-19)17(23)25-18(2,3)4;1-5-17-11(15)10-6-8-14(9-7-10)12(16)18-13(2,3)4;7-4-6-2-1-3-8-5-6/h6-7,10,14H,5,8-9,11-13H2,1-4H3;10H,5-9H2,1-4H3;1-3,5H,4H2. The topological polar surface area (TPSA) is 137 Å². The second kappa shape index (κ2) is 20.9. The van der Waals surface area contributed by atoms with Crippen LogP contribution in [0.25, 0.3) is 0 Å². The number of amides is 2. The van der Waals surface area contributed by atoms with E-state index in [-0.39, 0.29) is 30.0 Å². The van der Waals surface area contributed by atoms with Gasteiger partial charge in [-0.2, -0.15) is 0 Å². The molecule has 0 aromatic carbocycles. The third kappa shape index (κ3) is 16.0. The summed E-state index contributed by atoms with van der Waals surface area (Å²) in [6, 6.07) is 7.79. The minimum Gasteiger partial charge on any atom is -0.466 e. The number of carbonyl (C=O) groups excluding carboxylic acids is 4. The molecule has 0 radical (unpaired) electrons. The SMILES string of the molecule is BrCc1cccnc1.CCOC(=O)C1(Cc2cccnc2)CCN(C(=O)OC(C)(C)C)CC1.CCOC(=O)C1CCN(C(=O)OC(C)(C)C)CC1. The number of esters is 2. The summed E-state index contributed by atoms with van der Waals surface area (Å²) < 4.78 is 21.0. The van der Waals surface area contributed by atoms with Gasteiger partial charge in [0, 0.05) is 56.3 Å². The van der Waals surface area contributed by atoms with Crippen LogP contribution in [0.2, 0.25) is 0 Å². The van der Waals surface area contributed by atoms with Gasteiger partial charge in [-0.15, -0.1) is 0 Å². The van der Waals surface area contributed by atoms with Crippen molar-refractivity contribution in [3.63, 3.8) is 0 Å². The number of pyridine rings is 2. The molecule has 284 valence electrons. The maximum atomic E-state index is 12.7. The van der Waals surface area contributed by atoms with Crippen LogP contribution in [-0.2, 0) is 40.3 Å². The van der Waals surface area contributed by atoms with Crippen molar-refractivity contribution in [1.82, 2.24) is 19.8 Å². The molecule has 2 amide bonds. The van der Waals surface area contributed by atoms with Crippen molar-refractivity contribution in [2.45, 2.75) is 104 Å². The largest absolute Gasteiger partial charge is 0.466 e. The Balaban J connectivity index is 0.000000300. The van der Waals surface area contributed by atoms with E-state index < -0.39 is 16.6 Å². The predicted molar refractivity (Wildman–Crippen MR) is 198 cm³/mol. The lowest BCUT2D eigenvalue weighted by molar-refractivity contribution is -0.158. The summed E-state index contributed by atoms with van der Waals surface area (Å²) >= 11 is 3.32. The average molecular weight is 778 g/mol. The van der Waals surface area contributed by atoms with E-state index in [0.29, 0.717) is 71.5 Å². The van der Waals surface area contributed by atoms with Gasteiger partial charge < -0.3 is 28.7 Å². The normalized spacial score (nSPS) is 15.9. The van der Waals surface area contributed by atoms with E-state index in [2.05, 4.69) is 25.9 Å². The lowest BCUT2D eigenvalue weighted by atomic mass is 9.74. The van der Waals surface area contributed by atoms with E-state index in [1.54, 1.807) is 35.3 Å². The summed E-state index contributed by atoms with van der Waals surface area (Å²) in [5.41, 5.74) is 0.600. The lowest BCUT2D eigenvalue weighted by Crippen LogP contribution is -2.49. The fraction of sp³-hybridized carbons (Fsp3) is 0.632. The van der Waals surface area contributed by atoms with Crippen molar-refractivity contribution in [1.29, 1.82) is 0 Å². The highest BCUT2D eigenvalue weighted by atomic mass is 79.9. The smallest absolute Gasteiger partial charge is 0.410 e. The molecular formula is C38H57BrN4O8. The number of likely N-dealkylation sites (tertiary alicyclic amines) is 2. The number of piperidine rings is 2. The van der Waals surface area contributed by atoms with Gasteiger partial charge in [0.05, 0.1) is 24.5 Å². The first-order valence-electron chi connectivity index (χ1n) is 17.7. The highest BCUT2D eigenvalue weighted by Crippen LogP contribution is 2.37. The van der Waals surface area contributed by atoms with Crippen LogP contribution in [-0.4, -0.2) is 94.5 Å². The molecule has 2 aromatic heterocycles. The summed E-state index contributed by atoms with van der Waals surface area (Å²) in [5.74, 6) is -0.423. The zero-order valence-electron chi connectivity index (χ0n) is 31.6. The van der Waals surface area contributed by atoms with Gasteiger partial charge in [0.2, 0.25) is 0 Å². The van der Waals surface area contributed by atoms with Crippen LogP contribution in [0.15, 0.2) is 49.1 Å². The molecule has 4 heterocycles. The van der Waals surface area contributed by atoms with E-state index in [0.717, 1.165) is 10.9 Å². The monoisotopic (exact) mass is 776 g/mol. The Bertz CT molecular complexity index is 1350. The molecule has 2 fully saturated rings. The van der Waals surface area contributed by atoms with Crippen LogP contribution in [0, 0.1) is 11.3 Å². The van der Waals surface area contributed by atoms with Crippen LogP contribution in [0.1, 0.15) is 92.2 Å². The zero-order chi connectivity index (χ0) is 38.1. The van der Waals surface area contributed by atoms with Crippen molar-refractivity contribution in [2.75, 3.05) is 39.4 Å². The number of alkyl halides is 1. The number of halogens is 1. The molecule has 12 nitrogen and oxygen atoms in total. The van der Waals surface area contributed by atoms with Gasteiger partial charge >= 0.3 is 24.1 Å². The highest BCUT2D eigenvalue weighted by molar-refractivity contribution is 9.08. The number of rotatable bonds is 7. The molecule has 51 heavy (non-hydrogen) atoms. The van der Waals surface area contributed by atoms with Crippen LogP contribution in [0.5, 0.6) is 0 Å². The van der Waals surface area contributed by atoms with Crippen LogP contribution in [0.4, 0.5) is 9.59 Å². The molecule has 13 heteroatoms. The molecule has 0 unspecified atom stereocenters. The van der Waals surface area contributed by atoms with Gasteiger partial charge in [-0.25, -0.2) is 9.59 Å². The van der Waals surface area contributed by atoms with E-state index in [4.69, 9.17) is 18.9 Å². The number of ether oxygens (including phenoxy) is 4. The van der Waals surface area contributed by atoms with Crippen molar-refractivity contribution in [3.8, 4) is 0 Å². The molecular weight excluding hydrogens is 720 g/mol. The number of aromatic nitrogens is 2. The fourth-order valence-corrected chi connectivity index (χ4v) is 5.77. The molecule has 0 aliphatic carbocycles. The van der Waals surface area contributed by atoms with Gasteiger partial charge in [0.25, 0.3) is 0 Å². The van der Waals surface area contributed by atoms with Crippen molar-refractivity contribution in [2.24, 2.45) is 11.3 Å². The summed E-state index contributed by atoms with van der Waals surface area (Å²) in [6.45, 7) is 17.5. The molecule has 0 saturated carbocycles. The van der Waals surface area contributed by atoms with Gasteiger partial charge in [0.15, 0.2) is 0 Å². The van der Waals surface area contributed by atoms with Crippen LogP contribution < -0.4 is 0 Å². The van der Waals surface area contributed by atoms with Gasteiger partial charge in [-0.05, 0) is 111 Å². The third-order valence-electron chi connectivity index (χ3n) is 7.99. The number of nitrogens with zero attached hydrogens (tertiary/aromatic N) is 4. The van der Waals surface area contributed by atoms with Crippen LogP contribution >= 0.6 is 15.9 Å². The maximum absolute atomic E-state index is 12.7. The van der Waals surface area contributed by atoms with E-state index in [9.17, 15) is 19.2 Å². The lowest BCUT2D eigenvalue weighted by Gasteiger charge is -2.40. The van der Waals surface area contributed by atoms with Crippen molar-refractivity contribution >= 4 is 40.1 Å². The molecule has 0 spiro atoms. The van der Waals surface area contributed by atoms with Gasteiger partial charge in [-0.3, -0.25) is 19.6 Å². The van der Waals surface area contributed by atoms with Gasteiger partial charge in [0.1, 0.15) is 11.2 Å². The Morgan fingerprint density at radius 1 is 0.765 bits per heavy atom.